The number of benzene rings is 1. The SMILES string of the molecule is OC1(Cc2cn(-c3nnc4c5ccccc5n5c(Cl)ncc5n34)nn2)CC1. The van der Waals surface area contributed by atoms with Crippen molar-refractivity contribution in [2.45, 2.75) is 24.9 Å². The summed E-state index contributed by atoms with van der Waals surface area (Å²) >= 11 is 6.34. The zero-order valence-electron chi connectivity index (χ0n) is 14.0. The summed E-state index contributed by atoms with van der Waals surface area (Å²) in [4.78, 5) is 4.25. The predicted octanol–water partition coefficient (Wildman–Crippen LogP) is 1.83. The van der Waals surface area contributed by atoms with Crippen LogP contribution in [0, 0.1) is 0 Å². The number of hydrogen-bond donors (Lipinski definition) is 1. The molecule has 0 aliphatic heterocycles. The minimum absolute atomic E-state index is 0.359. The molecule has 1 saturated carbocycles. The molecular formula is C17H13ClN8O. The number of imidazole rings is 1. The average molecular weight is 381 g/mol. The molecular weight excluding hydrogens is 368 g/mol. The van der Waals surface area contributed by atoms with Crippen LogP contribution >= 0.6 is 11.6 Å². The van der Waals surface area contributed by atoms with Gasteiger partial charge in [0, 0.05) is 11.8 Å². The number of para-hydroxylation sites is 1. The molecule has 0 atom stereocenters. The molecule has 0 bridgehead atoms. The third-order valence-electron chi connectivity index (χ3n) is 5.04. The van der Waals surface area contributed by atoms with E-state index in [1.165, 1.54) is 0 Å². The van der Waals surface area contributed by atoms with Gasteiger partial charge in [0.2, 0.25) is 5.28 Å². The average Bonchev–Trinajstić information content (AvgIpc) is 3.07. The Bertz CT molecular complexity index is 1350. The lowest BCUT2D eigenvalue weighted by Gasteiger charge is -2.07. The van der Waals surface area contributed by atoms with Gasteiger partial charge in [-0.25, -0.2) is 9.38 Å². The summed E-state index contributed by atoms with van der Waals surface area (Å²) in [5.41, 5.74) is 2.40. The largest absolute Gasteiger partial charge is 0.389 e. The maximum absolute atomic E-state index is 10.1. The van der Waals surface area contributed by atoms with E-state index in [9.17, 15) is 5.11 Å². The number of fused-ring (bicyclic) bond motifs is 6. The minimum Gasteiger partial charge on any atom is -0.389 e. The van der Waals surface area contributed by atoms with Gasteiger partial charge >= 0.3 is 0 Å². The van der Waals surface area contributed by atoms with Crippen LogP contribution < -0.4 is 0 Å². The van der Waals surface area contributed by atoms with Crippen LogP contribution in [0.4, 0.5) is 0 Å². The number of aromatic nitrogens is 8. The standard InChI is InChI=1S/C17H13ClN8O/c18-15-19-8-13-25(15)12-4-2-1-3-11(12)14-21-22-16(26(13)14)24-9-10(20-23-24)7-17(27)5-6-17/h1-4,8-9,27H,5-7H2. The normalized spacial score (nSPS) is 15.9. The second kappa shape index (κ2) is 5.02. The first-order valence-electron chi connectivity index (χ1n) is 8.56. The van der Waals surface area contributed by atoms with Gasteiger partial charge in [0.25, 0.3) is 5.95 Å². The van der Waals surface area contributed by atoms with E-state index < -0.39 is 5.60 Å². The van der Waals surface area contributed by atoms with Gasteiger partial charge in [0.1, 0.15) is 5.65 Å². The van der Waals surface area contributed by atoms with Gasteiger partial charge in [-0.15, -0.1) is 15.3 Å². The Morgan fingerprint density at radius 3 is 2.81 bits per heavy atom. The van der Waals surface area contributed by atoms with Crippen LogP contribution in [0.15, 0.2) is 36.7 Å². The first-order chi connectivity index (χ1) is 13.1. The summed E-state index contributed by atoms with van der Waals surface area (Å²) in [6.07, 6.45) is 5.54. The monoisotopic (exact) mass is 380 g/mol. The smallest absolute Gasteiger partial charge is 0.259 e. The molecule has 5 aromatic rings. The highest BCUT2D eigenvalue weighted by molar-refractivity contribution is 6.29. The Labute approximate surface area is 156 Å². The van der Waals surface area contributed by atoms with Crippen LogP contribution in [0.2, 0.25) is 5.28 Å². The van der Waals surface area contributed by atoms with Crippen molar-refractivity contribution in [2.75, 3.05) is 0 Å². The zero-order valence-corrected chi connectivity index (χ0v) is 14.7. The van der Waals surface area contributed by atoms with Gasteiger partial charge in [0.15, 0.2) is 5.65 Å². The molecule has 0 radical (unpaired) electrons. The van der Waals surface area contributed by atoms with Crippen molar-refractivity contribution >= 4 is 33.8 Å². The van der Waals surface area contributed by atoms with Crippen molar-refractivity contribution in [2.24, 2.45) is 0 Å². The Balaban J connectivity index is 1.63. The van der Waals surface area contributed by atoms with E-state index in [1.54, 1.807) is 17.1 Å². The highest BCUT2D eigenvalue weighted by Crippen LogP contribution is 2.37. The van der Waals surface area contributed by atoms with Crippen molar-refractivity contribution < 1.29 is 5.11 Å². The van der Waals surface area contributed by atoms with Crippen LogP contribution in [0.3, 0.4) is 0 Å². The second-order valence-electron chi connectivity index (χ2n) is 6.95. The molecule has 10 heteroatoms. The van der Waals surface area contributed by atoms with E-state index in [4.69, 9.17) is 11.6 Å². The molecule has 27 heavy (non-hydrogen) atoms. The first kappa shape index (κ1) is 15.1. The maximum atomic E-state index is 10.1. The van der Waals surface area contributed by atoms with Crippen molar-refractivity contribution in [3.8, 4) is 5.95 Å². The predicted molar refractivity (Wildman–Crippen MR) is 97.1 cm³/mol. The summed E-state index contributed by atoms with van der Waals surface area (Å²) < 4.78 is 5.27. The Hall–Kier alpha value is -3.04. The van der Waals surface area contributed by atoms with Gasteiger partial charge in [-0.1, -0.05) is 17.3 Å². The van der Waals surface area contributed by atoms with Crippen molar-refractivity contribution in [3.05, 3.63) is 47.6 Å². The summed E-state index contributed by atoms with van der Waals surface area (Å²) in [5.74, 6) is 0.485. The molecule has 4 aromatic heterocycles. The van der Waals surface area contributed by atoms with Crippen molar-refractivity contribution in [1.29, 1.82) is 0 Å². The lowest BCUT2D eigenvalue weighted by Crippen LogP contribution is -2.10. The van der Waals surface area contributed by atoms with Gasteiger partial charge in [-0.2, -0.15) is 4.68 Å². The van der Waals surface area contributed by atoms with E-state index >= 15 is 0 Å². The molecule has 1 aliphatic carbocycles. The molecule has 0 saturated heterocycles. The second-order valence-corrected chi connectivity index (χ2v) is 7.29. The summed E-state index contributed by atoms with van der Waals surface area (Å²) in [6, 6.07) is 7.82. The third-order valence-corrected chi connectivity index (χ3v) is 5.31. The van der Waals surface area contributed by atoms with E-state index in [2.05, 4.69) is 25.5 Å². The topological polar surface area (TPSA) is 98.4 Å². The Morgan fingerprint density at radius 1 is 1.11 bits per heavy atom. The summed E-state index contributed by atoms with van der Waals surface area (Å²) in [5, 5.41) is 28.4. The van der Waals surface area contributed by atoms with Crippen molar-refractivity contribution in [3.63, 3.8) is 0 Å². The molecule has 9 nitrogen and oxygen atoms in total. The van der Waals surface area contributed by atoms with E-state index in [1.807, 2.05) is 33.1 Å². The van der Waals surface area contributed by atoms with Crippen LogP contribution in [0.1, 0.15) is 18.5 Å². The van der Waals surface area contributed by atoms with E-state index in [0.29, 0.717) is 23.3 Å². The summed E-state index contributed by atoms with van der Waals surface area (Å²) in [6.45, 7) is 0. The summed E-state index contributed by atoms with van der Waals surface area (Å²) in [7, 11) is 0. The lowest BCUT2D eigenvalue weighted by atomic mass is 10.2. The number of halogens is 1. The van der Waals surface area contributed by atoms with Crippen LogP contribution in [-0.4, -0.2) is 49.7 Å². The minimum atomic E-state index is -0.629. The molecule has 1 aromatic carbocycles. The number of aliphatic hydroxyl groups is 1. The molecule has 1 aliphatic rings. The fraction of sp³-hybridized carbons (Fsp3) is 0.235. The fourth-order valence-corrected chi connectivity index (χ4v) is 3.73. The highest BCUT2D eigenvalue weighted by atomic mass is 35.5. The van der Waals surface area contributed by atoms with Gasteiger partial charge < -0.3 is 5.11 Å². The molecule has 1 N–H and O–H groups in total. The van der Waals surface area contributed by atoms with E-state index in [-0.39, 0.29) is 0 Å². The first-order valence-corrected chi connectivity index (χ1v) is 8.94. The van der Waals surface area contributed by atoms with E-state index in [0.717, 1.165) is 35.1 Å². The van der Waals surface area contributed by atoms with Crippen LogP contribution in [-0.2, 0) is 6.42 Å². The van der Waals surface area contributed by atoms with Gasteiger partial charge in [-0.3, -0.25) is 4.40 Å². The maximum Gasteiger partial charge on any atom is 0.259 e. The Morgan fingerprint density at radius 2 is 1.96 bits per heavy atom. The molecule has 6 rings (SSSR count). The Kier molecular flexibility index (Phi) is 2.80. The molecule has 1 fully saturated rings. The van der Waals surface area contributed by atoms with Crippen LogP contribution in [0.25, 0.3) is 28.1 Å². The van der Waals surface area contributed by atoms with Gasteiger partial charge in [0.05, 0.1) is 29.2 Å². The van der Waals surface area contributed by atoms with Gasteiger partial charge in [-0.05, 0) is 36.6 Å². The number of rotatable bonds is 3. The molecule has 0 unspecified atom stereocenters. The molecule has 0 spiro atoms. The molecule has 4 heterocycles. The molecule has 134 valence electrons. The zero-order chi connectivity index (χ0) is 18.2. The fourth-order valence-electron chi connectivity index (χ4n) is 3.50. The number of nitrogens with zero attached hydrogens (tertiary/aromatic N) is 8. The third kappa shape index (κ3) is 2.12. The lowest BCUT2D eigenvalue weighted by molar-refractivity contribution is 0.149. The quantitative estimate of drug-likeness (QED) is 0.512. The number of hydrogen-bond acceptors (Lipinski definition) is 6. The molecule has 0 amide bonds. The van der Waals surface area contributed by atoms with Crippen molar-refractivity contribution in [1.82, 2.24) is 39.0 Å². The van der Waals surface area contributed by atoms with Crippen LogP contribution in [0.5, 0.6) is 0 Å². The highest BCUT2D eigenvalue weighted by Gasteiger charge is 2.41.